The average molecular weight is 466 g/mol. The Hall–Kier alpha value is -2.60. The van der Waals surface area contributed by atoms with Gasteiger partial charge in [0.2, 0.25) is 5.91 Å². The number of benzene rings is 1. The summed E-state index contributed by atoms with van der Waals surface area (Å²) in [6.45, 7) is 15.1. The van der Waals surface area contributed by atoms with Crippen molar-refractivity contribution in [2.45, 2.75) is 72.5 Å². The van der Waals surface area contributed by atoms with Gasteiger partial charge in [-0.25, -0.2) is 0 Å². The van der Waals surface area contributed by atoms with Gasteiger partial charge < -0.3 is 19.1 Å². The monoisotopic (exact) mass is 465 g/mol. The topological polar surface area (TPSA) is 54.8 Å². The molecule has 2 aliphatic heterocycles. The van der Waals surface area contributed by atoms with Crippen LogP contribution in [0.1, 0.15) is 73.8 Å². The van der Waals surface area contributed by atoms with Crippen LogP contribution in [-0.2, 0) is 9.53 Å². The Bertz CT molecular complexity index is 1020. The minimum absolute atomic E-state index is 0.00606. The highest BCUT2D eigenvalue weighted by molar-refractivity contribution is 5.96. The van der Waals surface area contributed by atoms with E-state index < -0.39 is 0 Å². The molecule has 2 fully saturated rings. The third kappa shape index (κ3) is 4.92. The number of ether oxygens (including phenoxy) is 1. The second-order valence-corrected chi connectivity index (χ2v) is 10.4. The molecule has 0 bridgehead atoms. The number of nitrogens with zero attached hydrogens (tertiary/aromatic N) is 3. The largest absolute Gasteiger partial charge is 0.372 e. The maximum absolute atomic E-state index is 13.4. The van der Waals surface area contributed by atoms with Gasteiger partial charge in [0.1, 0.15) is 0 Å². The molecule has 34 heavy (non-hydrogen) atoms. The summed E-state index contributed by atoms with van der Waals surface area (Å²) in [6.07, 6.45) is 1.59. The summed E-state index contributed by atoms with van der Waals surface area (Å²) in [7, 11) is 0. The highest BCUT2D eigenvalue weighted by atomic mass is 16.5. The molecule has 0 radical (unpaired) electrons. The van der Waals surface area contributed by atoms with Crippen molar-refractivity contribution in [2.75, 3.05) is 26.2 Å². The van der Waals surface area contributed by atoms with Gasteiger partial charge in [0, 0.05) is 49.2 Å². The number of carbonyl (C=O) groups excluding carboxylic acids is 2. The molecule has 0 spiro atoms. The molecule has 0 saturated carbocycles. The first-order valence-electron chi connectivity index (χ1n) is 12.7. The third-order valence-corrected chi connectivity index (χ3v) is 7.34. The van der Waals surface area contributed by atoms with E-state index in [-0.39, 0.29) is 29.9 Å². The fourth-order valence-corrected chi connectivity index (χ4v) is 5.50. The zero-order chi connectivity index (χ0) is 24.6. The smallest absolute Gasteiger partial charge is 0.255 e. The Morgan fingerprint density at radius 3 is 2.09 bits per heavy atom. The molecule has 6 heteroatoms. The molecule has 1 aromatic carbocycles. The molecule has 1 aromatic heterocycles. The number of likely N-dealkylation sites (tertiary alicyclic amines) is 1. The molecular formula is C28H39N3O3. The SMILES string of the molecule is Cc1cc(C(=O)N2CCC(C(=O)N3CC(C)OC(C)C3)CC2)c(C)n1-c1ccc(C(C)C)cc1. The minimum Gasteiger partial charge on any atom is -0.372 e. The first kappa shape index (κ1) is 24.5. The van der Waals surface area contributed by atoms with Gasteiger partial charge in [-0.15, -0.1) is 0 Å². The van der Waals surface area contributed by atoms with Crippen molar-refractivity contribution < 1.29 is 14.3 Å². The van der Waals surface area contributed by atoms with Gasteiger partial charge in [-0.1, -0.05) is 26.0 Å². The summed E-state index contributed by atoms with van der Waals surface area (Å²) >= 11 is 0. The lowest BCUT2D eigenvalue weighted by molar-refractivity contribution is -0.148. The standard InChI is InChI=1S/C28H39N3O3/c1-18(2)23-7-9-25(10-8-23)31-19(3)15-26(22(31)6)28(33)29-13-11-24(12-14-29)27(32)30-16-20(4)34-21(5)17-30/h7-10,15,18,20-21,24H,11-14,16-17H2,1-6H3. The predicted octanol–water partition coefficient (Wildman–Crippen LogP) is 4.71. The normalized spacial score (nSPS) is 21.9. The van der Waals surface area contributed by atoms with E-state index in [1.807, 2.05) is 36.6 Å². The second-order valence-electron chi connectivity index (χ2n) is 10.4. The van der Waals surface area contributed by atoms with Gasteiger partial charge in [-0.3, -0.25) is 9.59 Å². The highest BCUT2D eigenvalue weighted by Gasteiger charge is 2.34. The van der Waals surface area contributed by atoms with Crippen LogP contribution >= 0.6 is 0 Å². The molecule has 2 aromatic rings. The molecule has 0 N–H and O–H groups in total. The van der Waals surface area contributed by atoms with Crippen LogP contribution in [0.25, 0.3) is 5.69 Å². The van der Waals surface area contributed by atoms with Gasteiger partial charge in [-0.05, 0) is 70.2 Å². The van der Waals surface area contributed by atoms with E-state index in [2.05, 4.69) is 49.6 Å². The van der Waals surface area contributed by atoms with Crippen LogP contribution in [0.5, 0.6) is 0 Å². The Morgan fingerprint density at radius 2 is 1.53 bits per heavy atom. The van der Waals surface area contributed by atoms with E-state index in [0.717, 1.165) is 35.5 Å². The summed E-state index contributed by atoms with van der Waals surface area (Å²) in [5.41, 5.74) is 5.16. The van der Waals surface area contributed by atoms with Crippen LogP contribution in [0, 0.1) is 19.8 Å². The predicted molar refractivity (Wildman–Crippen MR) is 135 cm³/mol. The summed E-state index contributed by atoms with van der Waals surface area (Å²) in [5.74, 6) is 0.770. The molecule has 6 nitrogen and oxygen atoms in total. The number of rotatable bonds is 4. The van der Waals surface area contributed by atoms with E-state index in [1.165, 1.54) is 5.56 Å². The number of carbonyl (C=O) groups is 2. The molecule has 2 saturated heterocycles. The lowest BCUT2D eigenvalue weighted by atomic mass is 9.94. The van der Waals surface area contributed by atoms with E-state index in [9.17, 15) is 9.59 Å². The highest BCUT2D eigenvalue weighted by Crippen LogP contribution is 2.27. The summed E-state index contributed by atoms with van der Waals surface area (Å²) in [5, 5.41) is 0. The lowest BCUT2D eigenvalue weighted by Crippen LogP contribution is -2.51. The zero-order valence-corrected chi connectivity index (χ0v) is 21.5. The Morgan fingerprint density at radius 1 is 0.941 bits per heavy atom. The van der Waals surface area contributed by atoms with Crippen molar-refractivity contribution in [3.8, 4) is 5.69 Å². The van der Waals surface area contributed by atoms with Crippen LogP contribution in [0.3, 0.4) is 0 Å². The van der Waals surface area contributed by atoms with Gasteiger partial charge in [0.05, 0.1) is 17.8 Å². The molecule has 2 atom stereocenters. The Kier molecular flexibility index (Phi) is 7.17. The first-order valence-corrected chi connectivity index (χ1v) is 12.7. The van der Waals surface area contributed by atoms with Gasteiger partial charge in [0.15, 0.2) is 0 Å². The van der Waals surface area contributed by atoms with Gasteiger partial charge in [-0.2, -0.15) is 0 Å². The summed E-state index contributed by atoms with van der Waals surface area (Å²) in [6, 6.07) is 10.6. The first-order chi connectivity index (χ1) is 16.2. The molecule has 2 unspecified atom stereocenters. The van der Waals surface area contributed by atoms with Crippen molar-refractivity contribution in [3.05, 3.63) is 52.8 Å². The summed E-state index contributed by atoms with van der Waals surface area (Å²) < 4.78 is 7.93. The van der Waals surface area contributed by atoms with Crippen LogP contribution in [-0.4, -0.2) is 64.6 Å². The van der Waals surface area contributed by atoms with E-state index in [4.69, 9.17) is 4.74 Å². The maximum Gasteiger partial charge on any atom is 0.255 e. The molecule has 0 aliphatic carbocycles. The van der Waals surface area contributed by atoms with Crippen LogP contribution in [0.15, 0.2) is 30.3 Å². The third-order valence-electron chi connectivity index (χ3n) is 7.34. The number of morpholine rings is 1. The number of hydrogen-bond acceptors (Lipinski definition) is 3. The molecule has 184 valence electrons. The number of amides is 2. The fraction of sp³-hybridized carbons (Fsp3) is 0.571. The van der Waals surface area contributed by atoms with Crippen LogP contribution in [0.4, 0.5) is 0 Å². The van der Waals surface area contributed by atoms with E-state index >= 15 is 0 Å². The van der Waals surface area contributed by atoms with Crippen molar-refractivity contribution in [1.82, 2.24) is 14.4 Å². The van der Waals surface area contributed by atoms with Crippen molar-refractivity contribution >= 4 is 11.8 Å². The number of aromatic nitrogens is 1. The fourth-order valence-electron chi connectivity index (χ4n) is 5.50. The van der Waals surface area contributed by atoms with Crippen molar-refractivity contribution in [3.63, 3.8) is 0 Å². The number of piperidine rings is 1. The molecule has 4 rings (SSSR count). The van der Waals surface area contributed by atoms with Crippen LogP contribution < -0.4 is 0 Å². The Labute approximate surface area is 203 Å². The zero-order valence-electron chi connectivity index (χ0n) is 21.5. The number of hydrogen-bond donors (Lipinski definition) is 0. The minimum atomic E-state index is -0.00606. The van der Waals surface area contributed by atoms with Crippen molar-refractivity contribution in [1.29, 1.82) is 0 Å². The van der Waals surface area contributed by atoms with Crippen LogP contribution in [0.2, 0.25) is 0 Å². The van der Waals surface area contributed by atoms with E-state index in [1.54, 1.807) is 0 Å². The number of aryl methyl sites for hydroxylation is 1. The molecular weight excluding hydrogens is 426 g/mol. The maximum atomic E-state index is 13.4. The quantitative estimate of drug-likeness (QED) is 0.657. The average Bonchev–Trinajstić information content (AvgIpc) is 3.11. The molecule has 2 amide bonds. The molecule has 2 aliphatic rings. The van der Waals surface area contributed by atoms with E-state index in [0.29, 0.717) is 32.1 Å². The molecule has 3 heterocycles. The van der Waals surface area contributed by atoms with Crippen molar-refractivity contribution in [2.24, 2.45) is 5.92 Å². The summed E-state index contributed by atoms with van der Waals surface area (Å²) in [4.78, 5) is 30.4. The van der Waals surface area contributed by atoms with Gasteiger partial charge in [0.25, 0.3) is 5.91 Å². The lowest BCUT2D eigenvalue weighted by Gasteiger charge is -2.39. The Balaban J connectivity index is 1.42. The second kappa shape index (κ2) is 9.95. The van der Waals surface area contributed by atoms with Gasteiger partial charge >= 0.3 is 0 Å².